The predicted octanol–water partition coefficient (Wildman–Crippen LogP) is 4.20. The molecule has 0 unspecified atom stereocenters. The van der Waals surface area contributed by atoms with E-state index < -0.39 is 5.91 Å². The lowest BCUT2D eigenvalue weighted by atomic mass is 10.2. The van der Waals surface area contributed by atoms with Crippen molar-refractivity contribution < 1.29 is 14.0 Å². The summed E-state index contributed by atoms with van der Waals surface area (Å²) in [5, 5.41) is 7.50. The summed E-state index contributed by atoms with van der Waals surface area (Å²) in [5.74, 6) is -0.806. The van der Waals surface area contributed by atoms with E-state index in [1.54, 1.807) is 35.7 Å². The van der Waals surface area contributed by atoms with Crippen LogP contribution in [-0.4, -0.2) is 16.8 Å². The molecule has 3 rings (SSSR count). The maximum Gasteiger partial charge on any atom is 0.302 e. The average molecular weight is 362 g/mol. The lowest BCUT2D eigenvalue weighted by Crippen LogP contribution is -2.13. The van der Waals surface area contributed by atoms with Crippen LogP contribution in [0.4, 0.5) is 11.7 Å². The molecule has 0 spiro atoms. The summed E-state index contributed by atoms with van der Waals surface area (Å²) >= 11 is 7.32. The van der Waals surface area contributed by atoms with Crippen molar-refractivity contribution in [2.24, 2.45) is 0 Å². The fourth-order valence-electron chi connectivity index (χ4n) is 1.87. The monoisotopic (exact) mass is 361 g/mol. The van der Waals surface area contributed by atoms with Crippen LogP contribution >= 0.6 is 22.9 Å². The second-order valence-electron chi connectivity index (χ2n) is 4.89. The molecule has 0 radical (unpaired) electrons. The highest BCUT2D eigenvalue weighted by Gasteiger charge is 2.15. The molecule has 2 amide bonds. The van der Waals surface area contributed by atoms with Crippen LogP contribution in [0, 0.1) is 6.92 Å². The first kappa shape index (κ1) is 16.2. The fraction of sp³-hybridized carbons (Fsp3) is 0.0625. The number of aryl methyl sites for hydroxylation is 1. The van der Waals surface area contributed by atoms with E-state index in [0.29, 0.717) is 15.6 Å². The molecule has 2 heterocycles. The topological polar surface area (TPSA) is 84.2 Å². The molecule has 2 aromatic heterocycles. The zero-order valence-corrected chi connectivity index (χ0v) is 14.1. The fourth-order valence-corrected chi connectivity index (χ4v) is 2.67. The Morgan fingerprint density at radius 2 is 2.04 bits per heavy atom. The van der Waals surface area contributed by atoms with Gasteiger partial charge < -0.3 is 9.73 Å². The van der Waals surface area contributed by atoms with Gasteiger partial charge in [0.05, 0.1) is 4.88 Å². The maximum absolute atomic E-state index is 12.2. The number of hydrogen-bond donors (Lipinski definition) is 2. The van der Waals surface area contributed by atoms with E-state index in [1.165, 1.54) is 17.6 Å². The van der Waals surface area contributed by atoms with Crippen molar-refractivity contribution in [2.75, 3.05) is 10.6 Å². The molecule has 0 aliphatic carbocycles. The number of carbonyl (C=O) groups excluding carboxylic acids is 2. The van der Waals surface area contributed by atoms with Crippen LogP contribution in [-0.2, 0) is 0 Å². The molecule has 0 atom stereocenters. The lowest BCUT2D eigenvalue weighted by Gasteiger charge is -2.04. The van der Waals surface area contributed by atoms with Crippen LogP contribution in [0.25, 0.3) is 0 Å². The summed E-state index contributed by atoms with van der Waals surface area (Å²) in [4.78, 5) is 28.5. The van der Waals surface area contributed by atoms with Gasteiger partial charge in [0.1, 0.15) is 6.26 Å². The van der Waals surface area contributed by atoms with Gasteiger partial charge in [0.15, 0.2) is 5.69 Å². The van der Waals surface area contributed by atoms with Gasteiger partial charge in [-0.1, -0.05) is 23.7 Å². The quantitative estimate of drug-likeness (QED) is 0.729. The number of oxazole rings is 1. The highest BCUT2D eigenvalue weighted by atomic mass is 35.5. The standard InChI is InChI=1S/C16H12ClN3O3S/c1-9-4-5-10(7-11(9)17)18-14(21)12-8-23-16(19-12)20-15(22)13-3-2-6-24-13/h2-8H,1H3,(H,18,21)(H,19,20,22). The molecule has 24 heavy (non-hydrogen) atoms. The smallest absolute Gasteiger partial charge is 0.302 e. The first-order valence-electron chi connectivity index (χ1n) is 6.91. The second-order valence-corrected chi connectivity index (χ2v) is 6.24. The summed E-state index contributed by atoms with van der Waals surface area (Å²) < 4.78 is 5.11. The van der Waals surface area contributed by atoms with Gasteiger partial charge in [0.2, 0.25) is 0 Å². The molecule has 0 saturated carbocycles. The number of amides is 2. The van der Waals surface area contributed by atoms with Crippen LogP contribution in [0.1, 0.15) is 25.7 Å². The van der Waals surface area contributed by atoms with Gasteiger partial charge in [-0.05, 0) is 36.1 Å². The normalized spacial score (nSPS) is 10.4. The van der Waals surface area contributed by atoms with E-state index in [2.05, 4.69) is 15.6 Å². The minimum atomic E-state index is -0.463. The number of thiophene rings is 1. The summed E-state index contributed by atoms with van der Waals surface area (Å²) in [6.07, 6.45) is 1.18. The Hall–Kier alpha value is -2.64. The van der Waals surface area contributed by atoms with Gasteiger partial charge in [-0.15, -0.1) is 11.3 Å². The third-order valence-electron chi connectivity index (χ3n) is 3.13. The Morgan fingerprint density at radius 1 is 1.21 bits per heavy atom. The average Bonchev–Trinajstić information content (AvgIpc) is 3.22. The highest BCUT2D eigenvalue weighted by Crippen LogP contribution is 2.21. The number of anilines is 2. The Balaban J connectivity index is 1.67. The first-order chi connectivity index (χ1) is 11.5. The molecule has 1 aromatic carbocycles. The van der Waals surface area contributed by atoms with E-state index in [4.69, 9.17) is 16.0 Å². The zero-order valence-electron chi connectivity index (χ0n) is 12.5. The SMILES string of the molecule is Cc1ccc(NC(=O)c2coc(NC(=O)c3cccs3)n2)cc1Cl. The molecule has 0 saturated heterocycles. The molecule has 3 aromatic rings. The molecule has 8 heteroatoms. The largest absolute Gasteiger partial charge is 0.431 e. The lowest BCUT2D eigenvalue weighted by molar-refractivity contribution is 0.101. The Bertz CT molecular complexity index is 890. The Morgan fingerprint density at radius 3 is 2.75 bits per heavy atom. The van der Waals surface area contributed by atoms with Crippen molar-refractivity contribution >= 4 is 46.5 Å². The van der Waals surface area contributed by atoms with Crippen molar-refractivity contribution in [2.45, 2.75) is 6.92 Å². The number of hydrogen-bond acceptors (Lipinski definition) is 5. The van der Waals surface area contributed by atoms with Gasteiger partial charge in [-0.25, -0.2) is 0 Å². The summed E-state index contributed by atoms with van der Waals surface area (Å²) in [6, 6.07) is 8.58. The predicted molar refractivity (Wildman–Crippen MR) is 92.9 cm³/mol. The van der Waals surface area contributed by atoms with Crippen molar-refractivity contribution in [1.29, 1.82) is 0 Å². The van der Waals surface area contributed by atoms with Gasteiger partial charge >= 0.3 is 6.01 Å². The van der Waals surface area contributed by atoms with Gasteiger partial charge in [-0.3, -0.25) is 14.9 Å². The van der Waals surface area contributed by atoms with Crippen LogP contribution in [0.15, 0.2) is 46.4 Å². The third-order valence-corrected chi connectivity index (χ3v) is 4.41. The minimum Gasteiger partial charge on any atom is -0.431 e. The zero-order chi connectivity index (χ0) is 17.1. The molecule has 0 fully saturated rings. The van der Waals surface area contributed by atoms with E-state index in [1.807, 2.05) is 6.92 Å². The molecule has 6 nitrogen and oxygen atoms in total. The number of halogens is 1. The van der Waals surface area contributed by atoms with Crippen molar-refractivity contribution in [3.63, 3.8) is 0 Å². The molecule has 0 bridgehead atoms. The van der Waals surface area contributed by atoms with E-state index in [0.717, 1.165) is 5.56 Å². The number of aromatic nitrogens is 1. The van der Waals surface area contributed by atoms with Crippen LogP contribution < -0.4 is 10.6 Å². The molecular formula is C16H12ClN3O3S. The van der Waals surface area contributed by atoms with Crippen molar-refractivity contribution in [3.05, 3.63) is 63.1 Å². The number of benzene rings is 1. The summed E-state index contributed by atoms with van der Waals surface area (Å²) in [6.45, 7) is 1.87. The number of rotatable bonds is 4. The molecular weight excluding hydrogens is 350 g/mol. The van der Waals surface area contributed by atoms with Crippen LogP contribution in [0.5, 0.6) is 0 Å². The molecule has 0 aliphatic rings. The van der Waals surface area contributed by atoms with E-state index in [9.17, 15) is 9.59 Å². The first-order valence-corrected chi connectivity index (χ1v) is 8.16. The third kappa shape index (κ3) is 3.64. The van der Waals surface area contributed by atoms with Gasteiger partial charge in [0.25, 0.3) is 11.8 Å². The highest BCUT2D eigenvalue weighted by molar-refractivity contribution is 7.12. The van der Waals surface area contributed by atoms with Crippen LogP contribution in [0.2, 0.25) is 5.02 Å². The minimum absolute atomic E-state index is 0.0412. The van der Waals surface area contributed by atoms with Gasteiger partial charge in [0, 0.05) is 10.7 Å². The van der Waals surface area contributed by atoms with Crippen molar-refractivity contribution in [3.8, 4) is 0 Å². The molecule has 0 aliphatic heterocycles. The summed E-state index contributed by atoms with van der Waals surface area (Å²) in [5.41, 5.74) is 1.51. The van der Waals surface area contributed by atoms with E-state index in [-0.39, 0.29) is 17.6 Å². The van der Waals surface area contributed by atoms with Gasteiger partial charge in [-0.2, -0.15) is 4.98 Å². The number of nitrogens with one attached hydrogen (secondary N) is 2. The van der Waals surface area contributed by atoms with Crippen LogP contribution in [0.3, 0.4) is 0 Å². The second kappa shape index (κ2) is 6.86. The number of nitrogens with zero attached hydrogens (tertiary/aromatic N) is 1. The maximum atomic E-state index is 12.2. The summed E-state index contributed by atoms with van der Waals surface area (Å²) in [7, 11) is 0. The Kier molecular flexibility index (Phi) is 4.64. The van der Waals surface area contributed by atoms with Crippen molar-refractivity contribution in [1.82, 2.24) is 4.98 Å². The van der Waals surface area contributed by atoms with E-state index >= 15 is 0 Å². The molecule has 122 valence electrons. The number of carbonyl (C=O) groups is 2. The Labute approximate surface area is 146 Å². The molecule has 2 N–H and O–H groups in total.